The normalized spacial score (nSPS) is 11.0. The Morgan fingerprint density at radius 1 is 1.50 bits per heavy atom. The molecule has 0 N–H and O–H groups in total. The summed E-state index contributed by atoms with van der Waals surface area (Å²) in [6.07, 6.45) is 4.73. The zero-order valence-corrected chi connectivity index (χ0v) is 9.49. The van der Waals surface area contributed by atoms with Gasteiger partial charge in [-0.25, -0.2) is 4.98 Å². The molecule has 2 heterocycles. The molecule has 0 aliphatic carbocycles. The summed E-state index contributed by atoms with van der Waals surface area (Å²) in [6, 6.07) is 4.05. The lowest BCUT2D eigenvalue weighted by Crippen LogP contribution is -2.00. The minimum absolute atomic E-state index is 0.700. The molecule has 0 saturated heterocycles. The summed E-state index contributed by atoms with van der Waals surface area (Å²) in [5, 5.41) is 0. The maximum atomic E-state index is 5.03. The Balaban J connectivity index is 2.40. The van der Waals surface area contributed by atoms with Gasteiger partial charge < -0.3 is 9.14 Å². The van der Waals surface area contributed by atoms with Gasteiger partial charge >= 0.3 is 0 Å². The monoisotopic (exact) mass is 254 g/mol. The number of aromatic nitrogens is 2. The van der Waals surface area contributed by atoms with E-state index < -0.39 is 0 Å². The van der Waals surface area contributed by atoms with Gasteiger partial charge in [-0.05, 0) is 28.1 Å². The minimum atomic E-state index is 0.700. The first-order valence-electron chi connectivity index (χ1n) is 4.41. The van der Waals surface area contributed by atoms with Crippen LogP contribution in [0.1, 0.15) is 5.82 Å². The summed E-state index contributed by atoms with van der Waals surface area (Å²) in [6.45, 7) is 0.700. The van der Waals surface area contributed by atoms with Gasteiger partial charge in [-0.3, -0.25) is 0 Å². The molecule has 0 unspecified atom stereocenters. The lowest BCUT2D eigenvalue weighted by molar-refractivity contribution is 0.200. The average Bonchev–Trinajstić information content (AvgIpc) is 2.57. The smallest absolute Gasteiger partial charge is 0.115 e. The Bertz CT molecular complexity index is 439. The van der Waals surface area contributed by atoms with Crippen LogP contribution in [0.5, 0.6) is 0 Å². The lowest BCUT2D eigenvalue weighted by Gasteiger charge is -2.00. The van der Waals surface area contributed by atoms with Gasteiger partial charge in [-0.15, -0.1) is 0 Å². The van der Waals surface area contributed by atoms with Crippen LogP contribution < -0.4 is 0 Å². The van der Waals surface area contributed by atoms with E-state index in [4.69, 9.17) is 4.74 Å². The Kier molecular flexibility index (Phi) is 2.84. The van der Waals surface area contributed by atoms with E-state index in [-0.39, 0.29) is 0 Å². The second kappa shape index (κ2) is 4.11. The fourth-order valence-corrected chi connectivity index (χ4v) is 1.73. The van der Waals surface area contributed by atoms with Crippen molar-refractivity contribution < 1.29 is 4.74 Å². The molecule has 2 rings (SSSR count). The first-order valence-corrected chi connectivity index (χ1v) is 5.21. The van der Waals surface area contributed by atoms with Gasteiger partial charge in [0.15, 0.2) is 0 Å². The number of methoxy groups -OCH3 is 1. The van der Waals surface area contributed by atoms with E-state index in [1.807, 2.05) is 24.5 Å². The van der Waals surface area contributed by atoms with Crippen molar-refractivity contribution in [2.75, 3.05) is 13.7 Å². The molecule has 0 radical (unpaired) electrons. The highest BCUT2D eigenvalue weighted by atomic mass is 79.9. The molecule has 2 aromatic heterocycles. The predicted octanol–water partition coefficient (Wildman–Crippen LogP) is 2.29. The van der Waals surface area contributed by atoms with Crippen molar-refractivity contribution in [1.82, 2.24) is 9.38 Å². The zero-order chi connectivity index (χ0) is 9.97. The number of hydrogen-bond acceptors (Lipinski definition) is 2. The molecule has 3 nitrogen and oxygen atoms in total. The fourth-order valence-electron chi connectivity index (χ4n) is 1.40. The highest BCUT2D eigenvalue weighted by Crippen LogP contribution is 2.14. The number of nitrogens with zero attached hydrogens (tertiary/aromatic N) is 2. The van der Waals surface area contributed by atoms with Crippen molar-refractivity contribution >= 4 is 21.4 Å². The van der Waals surface area contributed by atoms with Crippen molar-refractivity contribution in [2.24, 2.45) is 0 Å². The SMILES string of the molecule is COCCc1ncc2ccc(Br)cn12. The van der Waals surface area contributed by atoms with Crippen LogP contribution in [0.3, 0.4) is 0 Å². The van der Waals surface area contributed by atoms with Gasteiger partial charge in [-0.1, -0.05) is 0 Å². The van der Waals surface area contributed by atoms with Gasteiger partial charge in [-0.2, -0.15) is 0 Å². The standard InChI is InChI=1S/C10H11BrN2O/c1-14-5-4-10-12-6-9-3-2-8(11)7-13(9)10/h2-3,6-7H,4-5H2,1H3. The molecular weight excluding hydrogens is 244 g/mol. The number of ether oxygens (including phenoxy) is 1. The second-order valence-corrected chi connectivity index (χ2v) is 3.98. The van der Waals surface area contributed by atoms with Crippen molar-refractivity contribution in [2.45, 2.75) is 6.42 Å². The van der Waals surface area contributed by atoms with E-state index in [2.05, 4.69) is 25.3 Å². The third kappa shape index (κ3) is 1.81. The number of halogens is 1. The summed E-state index contributed by atoms with van der Waals surface area (Å²) in [5.41, 5.74) is 1.11. The molecule has 0 amide bonds. The Labute approximate surface area is 90.8 Å². The molecule has 0 aromatic carbocycles. The maximum absolute atomic E-state index is 5.03. The molecule has 14 heavy (non-hydrogen) atoms. The first kappa shape index (κ1) is 9.68. The maximum Gasteiger partial charge on any atom is 0.115 e. The number of pyridine rings is 1. The van der Waals surface area contributed by atoms with Gasteiger partial charge in [0.1, 0.15) is 5.82 Å². The summed E-state index contributed by atoms with van der Waals surface area (Å²) >= 11 is 3.44. The highest BCUT2D eigenvalue weighted by Gasteiger charge is 2.02. The van der Waals surface area contributed by atoms with Crippen molar-refractivity contribution in [3.8, 4) is 0 Å². The molecule has 0 aliphatic rings. The van der Waals surface area contributed by atoms with Crippen molar-refractivity contribution in [3.63, 3.8) is 0 Å². The molecule has 2 aromatic rings. The van der Waals surface area contributed by atoms with E-state index >= 15 is 0 Å². The molecule has 0 atom stereocenters. The summed E-state index contributed by atoms with van der Waals surface area (Å²) in [5.74, 6) is 1.03. The summed E-state index contributed by atoms with van der Waals surface area (Å²) in [7, 11) is 1.70. The lowest BCUT2D eigenvalue weighted by atomic mass is 10.4. The van der Waals surface area contributed by atoms with Gasteiger partial charge in [0.05, 0.1) is 18.3 Å². The van der Waals surface area contributed by atoms with Crippen LogP contribution in [0.15, 0.2) is 29.0 Å². The number of imidazole rings is 1. The van der Waals surface area contributed by atoms with E-state index in [0.717, 1.165) is 22.2 Å². The largest absolute Gasteiger partial charge is 0.384 e. The van der Waals surface area contributed by atoms with Crippen LogP contribution in [0.25, 0.3) is 5.52 Å². The molecule has 4 heteroatoms. The minimum Gasteiger partial charge on any atom is -0.384 e. The van der Waals surface area contributed by atoms with Crippen LogP contribution >= 0.6 is 15.9 Å². The molecule has 0 spiro atoms. The number of hydrogen-bond donors (Lipinski definition) is 0. The molecule has 0 aliphatic heterocycles. The van der Waals surface area contributed by atoms with Crippen LogP contribution in [0.2, 0.25) is 0 Å². The molecule has 0 bridgehead atoms. The Morgan fingerprint density at radius 3 is 3.14 bits per heavy atom. The fraction of sp³-hybridized carbons (Fsp3) is 0.300. The van der Waals surface area contributed by atoms with E-state index in [0.29, 0.717) is 6.61 Å². The predicted molar refractivity (Wildman–Crippen MR) is 58.5 cm³/mol. The van der Waals surface area contributed by atoms with Crippen molar-refractivity contribution in [3.05, 3.63) is 34.8 Å². The van der Waals surface area contributed by atoms with E-state index in [9.17, 15) is 0 Å². The van der Waals surface area contributed by atoms with Crippen LogP contribution in [-0.4, -0.2) is 23.1 Å². The van der Waals surface area contributed by atoms with E-state index in [1.165, 1.54) is 0 Å². The van der Waals surface area contributed by atoms with Crippen LogP contribution in [0, 0.1) is 0 Å². The topological polar surface area (TPSA) is 26.5 Å². The zero-order valence-electron chi connectivity index (χ0n) is 7.90. The number of rotatable bonds is 3. The average molecular weight is 255 g/mol. The van der Waals surface area contributed by atoms with Crippen LogP contribution in [-0.2, 0) is 11.2 Å². The third-order valence-corrected chi connectivity index (χ3v) is 2.57. The Hall–Kier alpha value is -0.870. The Morgan fingerprint density at radius 2 is 2.36 bits per heavy atom. The third-order valence-electron chi connectivity index (χ3n) is 2.10. The van der Waals surface area contributed by atoms with Gasteiger partial charge in [0.25, 0.3) is 0 Å². The molecule has 0 fully saturated rings. The van der Waals surface area contributed by atoms with Crippen molar-refractivity contribution in [1.29, 1.82) is 0 Å². The molecule has 74 valence electrons. The van der Waals surface area contributed by atoms with Gasteiger partial charge in [0, 0.05) is 24.2 Å². The molecule has 0 saturated carbocycles. The quantitative estimate of drug-likeness (QED) is 0.841. The second-order valence-electron chi connectivity index (χ2n) is 3.06. The number of fused-ring (bicyclic) bond motifs is 1. The van der Waals surface area contributed by atoms with E-state index in [1.54, 1.807) is 7.11 Å². The summed E-state index contributed by atoms with van der Waals surface area (Å²) < 4.78 is 8.16. The van der Waals surface area contributed by atoms with Crippen LogP contribution in [0.4, 0.5) is 0 Å². The first-order chi connectivity index (χ1) is 6.81. The van der Waals surface area contributed by atoms with Gasteiger partial charge in [0.2, 0.25) is 0 Å². The summed E-state index contributed by atoms with van der Waals surface area (Å²) in [4.78, 5) is 4.34. The molecular formula is C10H11BrN2O. The highest BCUT2D eigenvalue weighted by molar-refractivity contribution is 9.10.